The Morgan fingerprint density at radius 1 is 1.30 bits per heavy atom. The van der Waals surface area contributed by atoms with Gasteiger partial charge < -0.3 is 14.2 Å². The Balaban J connectivity index is 1.72. The SMILES string of the molecule is CCOc1ncccc1C(=O)OCc1csc(-c2cc(Br)ccc2OC)n1. The highest BCUT2D eigenvalue weighted by Crippen LogP contribution is 2.34. The molecule has 0 saturated carbocycles. The summed E-state index contributed by atoms with van der Waals surface area (Å²) in [5, 5.41) is 2.64. The number of rotatable bonds is 7. The summed E-state index contributed by atoms with van der Waals surface area (Å²) in [7, 11) is 1.62. The molecule has 0 aliphatic rings. The fraction of sp³-hybridized carbons (Fsp3) is 0.211. The molecule has 0 aliphatic carbocycles. The third kappa shape index (κ3) is 4.64. The van der Waals surface area contributed by atoms with Gasteiger partial charge in [-0.25, -0.2) is 14.8 Å². The van der Waals surface area contributed by atoms with Crippen LogP contribution in [0.2, 0.25) is 0 Å². The first-order valence-electron chi connectivity index (χ1n) is 8.15. The van der Waals surface area contributed by atoms with E-state index in [1.54, 1.807) is 25.4 Å². The van der Waals surface area contributed by atoms with E-state index in [1.807, 2.05) is 30.5 Å². The van der Waals surface area contributed by atoms with Gasteiger partial charge in [0.25, 0.3) is 0 Å². The maximum absolute atomic E-state index is 12.3. The summed E-state index contributed by atoms with van der Waals surface area (Å²) in [6, 6.07) is 9.01. The van der Waals surface area contributed by atoms with Crippen LogP contribution in [-0.4, -0.2) is 29.7 Å². The number of benzene rings is 1. The average molecular weight is 449 g/mol. The van der Waals surface area contributed by atoms with Gasteiger partial charge in [0.1, 0.15) is 22.9 Å². The van der Waals surface area contributed by atoms with E-state index in [1.165, 1.54) is 11.3 Å². The minimum absolute atomic E-state index is 0.0616. The van der Waals surface area contributed by atoms with Crippen LogP contribution < -0.4 is 9.47 Å². The number of esters is 1. The third-order valence-electron chi connectivity index (χ3n) is 3.57. The zero-order chi connectivity index (χ0) is 19.2. The molecule has 3 rings (SSSR count). The zero-order valence-electron chi connectivity index (χ0n) is 14.8. The molecule has 0 amide bonds. The summed E-state index contributed by atoms with van der Waals surface area (Å²) in [4.78, 5) is 21.0. The minimum Gasteiger partial charge on any atom is -0.496 e. The zero-order valence-corrected chi connectivity index (χ0v) is 17.2. The van der Waals surface area contributed by atoms with Gasteiger partial charge in [-0.05, 0) is 37.3 Å². The molecule has 0 saturated heterocycles. The second-order valence-corrected chi connectivity index (χ2v) is 7.13. The molecule has 0 N–H and O–H groups in total. The fourth-order valence-electron chi connectivity index (χ4n) is 2.36. The van der Waals surface area contributed by atoms with E-state index < -0.39 is 5.97 Å². The van der Waals surface area contributed by atoms with Crippen LogP contribution in [0, 0.1) is 0 Å². The molecule has 1 aromatic carbocycles. The molecular weight excluding hydrogens is 432 g/mol. The molecule has 2 heterocycles. The third-order valence-corrected chi connectivity index (χ3v) is 4.98. The minimum atomic E-state index is -0.499. The van der Waals surface area contributed by atoms with Crippen molar-refractivity contribution in [1.29, 1.82) is 0 Å². The summed E-state index contributed by atoms with van der Waals surface area (Å²) < 4.78 is 17.1. The number of ether oxygens (including phenoxy) is 3. The van der Waals surface area contributed by atoms with E-state index in [0.29, 0.717) is 17.9 Å². The lowest BCUT2D eigenvalue weighted by molar-refractivity contribution is 0.0463. The Labute approximate surface area is 169 Å². The summed E-state index contributed by atoms with van der Waals surface area (Å²) in [5.41, 5.74) is 1.83. The van der Waals surface area contributed by atoms with Crippen molar-refractivity contribution in [1.82, 2.24) is 9.97 Å². The number of hydrogen-bond acceptors (Lipinski definition) is 7. The highest BCUT2D eigenvalue weighted by molar-refractivity contribution is 9.10. The normalized spacial score (nSPS) is 10.5. The monoisotopic (exact) mass is 448 g/mol. The highest BCUT2D eigenvalue weighted by Gasteiger charge is 2.16. The Morgan fingerprint density at radius 2 is 2.15 bits per heavy atom. The Bertz CT molecular complexity index is 945. The van der Waals surface area contributed by atoms with Crippen molar-refractivity contribution in [3.63, 3.8) is 0 Å². The lowest BCUT2D eigenvalue weighted by Gasteiger charge is -2.08. The van der Waals surface area contributed by atoms with Crippen LogP contribution in [0.25, 0.3) is 10.6 Å². The Morgan fingerprint density at radius 3 is 2.93 bits per heavy atom. The van der Waals surface area contributed by atoms with E-state index >= 15 is 0 Å². The quantitative estimate of drug-likeness (QED) is 0.486. The largest absolute Gasteiger partial charge is 0.496 e. The first-order valence-corrected chi connectivity index (χ1v) is 9.83. The lowest BCUT2D eigenvalue weighted by atomic mass is 10.2. The van der Waals surface area contributed by atoms with Crippen LogP contribution >= 0.6 is 27.3 Å². The number of halogens is 1. The first-order chi connectivity index (χ1) is 13.1. The standard InChI is InChI=1S/C19H17BrN2O4S/c1-3-25-17-14(5-4-8-21-17)19(23)26-10-13-11-27-18(22-13)15-9-12(20)6-7-16(15)24-2/h4-9,11H,3,10H2,1-2H3. The van der Waals surface area contributed by atoms with Gasteiger partial charge in [0.2, 0.25) is 5.88 Å². The van der Waals surface area contributed by atoms with Crippen LogP contribution in [0.15, 0.2) is 46.4 Å². The predicted octanol–water partition coefficient (Wildman–Crippen LogP) is 4.73. The first kappa shape index (κ1) is 19.3. The highest BCUT2D eigenvalue weighted by atomic mass is 79.9. The molecule has 8 heteroatoms. The molecule has 2 aromatic heterocycles. The van der Waals surface area contributed by atoms with Gasteiger partial charge >= 0.3 is 5.97 Å². The summed E-state index contributed by atoms with van der Waals surface area (Å²) in [6.45, 7) is 2.31. The maximum Gasteiger partial charge on any atom is 0.344 e. The van der Waals surface area contributed by atoms with Crippen molar-refractivity contribution >= 4 is 33.2 Å². The smallest absolute Gasteiger partial charge is 0.344 e. The van der Waals surface area contributed by atoms with Gasteiger partial charge in [-0.15, -0.1) is 11.3 Å². The van der Waals surface area contributed by atoms with E-state index in [9.17, 15) is 4.79 Å². The van der Waals surface area contributed by atoms with Crippen molar-refractivity contribution in [3.05, 3.63) is 57.6 Å². The van der Waals surface area contributed by atoms with Crippen LogP contribution in [-0.2, 0) is 11.3 Å². The van der Waals surface area contributed by atoms with Crippen molar-refractivity contribution < 1.29 is 19.0 Å². The molecule has 3 aromatic rings. The average Bonchev–Trinajstić information content (AvgIpc) is 3.15. The number of carbonyl (C=O) groups is 1. The predicted molar refractivity (Wildman–Crippen MR) is 106 cm³/mol. The molecule has 0 radical (unpaired) electrons. The van der Waals surface area contributed by atoms with Gasteiger partial charge in [-0.2, -0.15) is 0 Å². The molecule has 0 unspecified atom stereocenters. The summed E-state index contributed by atoms with van der Waals surface area (Å²) in [6.07, 6.45) is 1.57. The maximum atomic E-state index is 12.3. The molecule has 140 valence electrons. The number of pyridine rings is 1. The number of methoxy groups -OCH3 is 1. The molecular formula is C19H17BrN2O4S. The molecule has 0 fully saturated rings. The Hall–Kier alpha value is -2.45. The van der Waals surface area contributed by atoms with Crippen LogP contribution in [0.5, 0.6) is 11.6 Å². The second-order valence-electron chi connectivity index (χ2n) is 5.35. The summed E-state index contributed by atoms with van der Waals surface area (Å²) in [5.74, 6) is 0.497. The molecule has 0 atom stereocenters. The van der Waals surface area contributed by atoms with E-state index in [-0.39, 0.29) is 12.5 Å². The molecule has 0 bridgehead atoms. The van der Waals surface area contributed by atoms with Crippen molar-refractivity contribution in [2.24, 2.45) is 0 Å². The van der Waals surface area contributed by atoms with Crippen LogP contribution in [0.3, 0.4) is 0 Å². The molecule has 6 nitrogen and oxygen atoms in total. The van der Waals surface area contributed by atoms with Crippen molar-refractivity contribution in [2.75, 3.05) is 13.7 Å². The number of hydrogen-bond donors (Lipinski definition) is 0. The van der Waals surface area contributed by atoms with E-state index in [0.717, 1.165) is 20.8 Å². The fourth-order valence-corrected chi connectivity index (χ4v) is 3.55. The van der Waals surface area contributed by atoms with Gasteiger partial charge in [0.05, 0.1) is 25.0 Å². The van der Waals surface area contributed by atoms with E-state index in [4.69, 9.17) is 14.2 Å². The van der Waals surface area contributed by atoms with E-state index in [2.05, 4.69) is 25.9 Å². The molecule has 27 heavy (non-hydrogen) atoms. The number of thiazole rings is 1. The topological polar surface area (TPSA) is 70.5 Å². The van der Waals surface area contributed by atoms with Crippen molar-refractivity contribution in [3.8, 4) is 22.2 Å². The Kier molecular flexibility index (Phi) is 6.41. The molecule has 0 aliphatic heterocycles. The van der Waals surface area contributed by atoms with Gasteiger partial charge in [0, 0.05) is 16.0 Å². The number of nitrogens with zero attached hydrogens (tertiary/aromatic N) is 2. The molecule has 0 spiro atoms. The lowest BCUT2D eigenvalue weighted by Crippen LogP contribution is -2.09. The second kappa shape index (κ2) is 8.96. The van der Waals surface area contributed by atoms with Crippen LogP contribution in [0.4, 0.5) is 0 Å². The summed E-state index contributed by atoms with van der Waals surface area (Å²) >= 11 is 4.92. The van der Waals surface area contributed by atoms with Gasteiger partial charge in [-0.1, -0.05) is 15.9 Å². The van der Waals surface area contributed by atoms with Crippen molar-refractivity contribution in [2.45, 2.75) is 13.5 Å². The van der Waals surface area contributed by atoms with Gasteiger partial charge in [0.15, 0.2) is 0 Å². The number of aromatic nitrogens is 2. The van der Waals surface area contributed by atoms with Gasteiger partial charge in [-0.3, -0.25) is 0 Å². The number of carbonyl (C=O) groups excluding carboxylic acids is 1. The van der Waals surface area contributed by atoms with Crippen LogP contribution in [0.1, 0.15) is 23.0 Å².